The minimum absolute atomic E-state index is 0.0810. The van der Waals surface area contributed by atoms with Gasteiger partial charge in [-0.1, -0.05) is 32.0 Å². The normalized spacial score (nSPS) is 11.1. The highest BCUT2D eigenvalue weighted by molar-refractivity contribution is 5.94. The quantitative estimate of drug-likeness (QED) is 0.794. The first-order valence-electron chi connectivity index (χ1n) is 6.46. The predicted octanol–water partition coefficient (Wildman–Crippen LogP) is 2.70. The van der Waals surface area contributed by atoms with Crippen molar-refractivity contribution < 1.29 is 14.7 Å². The molecule has 0 unspecified atom stereocenters. The molecule has 4 heteroatoms. The third kappa shape index (κ3) is 6.04. The predicted molar refractivity (Wildman–Crippen MR) is 74.0 cm³/mol. The van der Waals surface area contributed by atoms with Gasteiger partial charge in [-0.05, 0) is 30.4 Å². The van der Waals surface area contributed by atoms with Crippen LogP contribution in [0.1, 0.15) is 43.5 Å². The lowest BCUT2D eigenvalue weighted by Crippen LogP contribution is -2.28. The fourth-order valence-electron chi connectivity index (χ4n) is 1.78. The molecule has 1 amide bonds. The molecule has 0 heterocycles. The molecule has 4 nitrogen and oxygen atoms in total. The van der Waals surface area contributed by atoms with E-state index in [-0.39, 0.29) is 17.7 Å². The zero-order valence-electron chi connectivity index (χ0n) is 11.5. The van der Waals surface area contributed by atoms with E-state index in [2.05, 4.69) is 5.32 Å². The molecule has 19 heavy (non-hydrogen) atoms. The van der Waals surface area contributed by atoms with Crippen LogP contribution in [-0.4, -0.2) is 23.5 Å². The number of nitrogens with one attached hydrogen (secondary N) is 1. The van der Waals surface area contributed by atoms with Crippen LogP contribution in [0.3, 0.4) is 0 Å². The van der Waals surface area contributed by atoms with Crippen molar-refractivity contribution in [2.24, 2.45) is 5.41 Å². The standard InChI is InChI=1S/C15H21NO3/c1-15(2,9-8-13(17)18)10-11-16-14(19)12-6-4-3-5-7-12/h3-7H,8-11H2,1-2H3,(H,16,19)(H,17,18). The Morgan fingerprint density at radius 2 is 1.79 bits per heavy atom. The number of rotatable bonds is 7. The van der Waals surface area contributed by atoms with Crippen LogP contribution in [0.5, 0.6) is 0 Å². The van der Waals surface area contributed by atoms with Gasteiger partial charge in [0, 0.05) is 18.5 Å². The van der Waals surface area contributed by atoms with E-state index < -0.39 is 5.97 Å². The topological polar surface area (TPSA) is 66.4 Å². The van der Waals surface area contributed by atoms with Crippen LogP contribution >= 0.6 is 0 Å². The summed E-state index contributed by atoms with van der Waals surface area (Å²) in [7, 11) is 0. The number of amides is 1. The van der Waals surface area contributed by atoms with Gasteiger partial charge < -0.3 is 10.4 Å². The van der Waals surface area contributed by atoms with Crippen molar-refractivity contribution in [1.29, 1.82) is 0 Å². The summed E-state index contributed by atoms with van der Waals surface area (Å²) < 4.78 is 0. The van der Waals surface area contributed by atoms with Crippen molar-refractivity contribution in [2.45, 2.75) is 33.1 Å². The molecular weight excluding hydrogens is 242 g/mol. The molecule has 0 aliphatic rings. The third-order valence-electron chi connectivity index (χ3n) is 3.14. The number of benzene rings is 1. The molecular formula is C15H21NO3. The van der Waals surface area contributed by atoms with Crippen molar-refractivity contribution in [2.75, 3.05) is 6.54 Å². The van der Waals surface area contributed by atoms with Gasteiger partial charge in [-0.25, -0.2) is 0 Å². The van der Waals surface area contributed by atoms with Crippen LogP contribution in [-0.2, 0) is 4.79 Å². The Morgan fingerprint density at radius 3 is 2.37 bits per heavy atom. The average Bonchev–Trinajstić information content (AvgIpc) is 2.37. The van der Waals surface area contributed by atoms with E-state index >= 15 is 0 Å². The summed E-state index contributed by atoms with van der Waals surface area (Å²) in [5.41, 5.74) is 0.563. The van der Waals surface area contributed by atoms with Crippen LogP contribution in [0.2, 0.25) is 0 Å². The molecule has 104 valence electrons. The Morgan fingerprint density at radius 1 is 1.16 bits per heavy atom. The van der Waals surface area contributed by atoms with Gasteiger partial charge in [0.15, 0.2) is 0 Å². The molecule has 2 N–H and O–H groups in total. The molecule has 0 bridgehead atoms. The lowest BCUT2D eigenvalue weighted by atomic mass is 9.84. The maximum atomic E-state index is 11.8. The molecule has 1 aromatic carbocycles. The zero-order chi connectivity index (χ0) is 14.3. The van der Waals surface area contributed by atoms with E-state index in [1.165, 1.54) is 0 Å². The molecule has 0 aliphatic carbocycles. The number of hydrogen-bond donors (Lipinski definition) is 2. The summed E-state index contributed by atoms with van der Waals surface area (Å²) in [5, 5.41) is 11.5. The minimum atomic E-state index is -0.776. The van der Waals surface area contributed by atoms with Crippen molar-refractivity contribution in [3.05, 3.63) is 35.9 Å². The van der Waals surface area contributed by atoms with E-state index in [9.17, 15) is 9.59 Å². The van der Waals surface area contributed by atoms with Gasteiger partial charge in [-0.2, -0.15) is 0 Å². The number of carboxylic acid groups (broad SMARTS) is 1. The summed E-state index contributed by atoms with van der Waals surface area (Å²) in [4.78, 5) is 22.3. The zero-order valence-corrected chi connectivity index (χ0v) is 11.5. The second-order valence-electron chi connectivity index (χ2n) is 5.43. The number of hydrogen-bond acceptors (Lipinski definition) is 2. The summed E-state index contributed by atoms with van der Waals surface area (Å²) in [6, 6.07) is 9.05. The van der Waals surface area contributed by atoms with E-state index in [1.807, 2.05) is 32.0 Å². The Kier molecular flexibility index (Phi) is 5.55. The Balaban J connectivity index is 2.33. The van der Waals surface area contributed by atoms with E-state index in [4.69, 9.17) is 5.11 Å². The number of carbonyl (C=O) groups excluding carboxylic acids is 1. The van der Waals surface area contributed by atoms with Crippen molar-refractivity contribution in [1.82, 2.24) is 5.32 Å². The van der Waals surface area contributed by atoms with E-state index in [0.29, 0.717) is 18.5 Å². The van der Waals surface area contributed by atoms with Gasteiger partial charge in [0.2, 0.25) is 0 Å². The van der Waals surface area contributed by atoms with E-state index in [0.717, 1.165) is 6.42 Å². The molecule has 1 rings (SSSR count). The van der Waals surface area contributed by atoms with E-state index in [1.54, 1.807) is 12.1 Å². The lowest BCUT2D eigenvalue weighted by molar-refractivity contribution is -0.137. The first kappa shape index (κ1) is 15.2. The Labute approximate surface area is 113 Å². The number of carboxylic acids is 1. The van der Waals surface area contributed by atoms with Gasteiger partial charge in [0.05, 0.1) is 0 Å². The summed E-state index contributed by atoms with van der Waals surface area (Å²) >= 11 is 0. The van der Waals surface area contributed by atoms with Crippen LogP contribution in [0.25, 0.3) is 0 Å². The fraction of sp³-hybridized carbons (Fsp3) is 0.467. The minimum Gasteiger partial charge on any atom is -0.481 e. The van der Waals surface area contributed by atoms with Crippen molar-refractivity contribution >= 4 is 11.9 Å². The van der Waals surface area contributed by atoms with Crippen LogP contribution in [0.4, 0.5) is 0 Å². The monoisotopic (exact) mass is 263 g/mol. The second kappa shape index (κ2) is 6.92. The lowest BCUT2D eigenvalue weighted by Gasteiger charge is -2.23. The highest BCUT2D eigenvalue weighted by Crippen LogP contribution is 2.25. The van der Waals surface area contributed by atoms with Crippen molar-refractivity contribution in [3.63, 3.8) is 0 Å². The van der Waals surface area contributed by atoms with Gasteiger partial charge >= 0.3 is 5.97 Å². The summed E-state index contributed by atoms with van der Waals surface area (Å²) in [6.45, 7) is 4.59. The maximum absolute atomic E-state index is 11.8. The van der Waals surface area contributed by atoms with Gasteiger partial charge in [-0.15, -0.1) is 0 Å². The molecule has 0 aliphatic heterocycles. The maximum Gasteiger partial charge on any atom is 0.303 e. The molecule has 0 saturated carbocycles. The largest absolute Gasteiger partial charge is 0.481 e. The molecule has 0 spiro atoms. The number of carbonyl (C=O) groups is 2. The molecule has 0 aromatic heterocycles. The second-order valence-corrected chi connectivity index (χ2v) is 5.43. The molecule has 1 aromatic rings. The first-order chi connectivity index (χ1) is 8.91. The average molecular weight is 263 g/mol. The molecule has 0 fully saturated rings. The summed E-state index contributed by atoms with van der Waals surface area (Å²) in [6.07, 6.45) is 1.54. The molecule has 0 atom stereocenters. The number of aliphatic carboxylic acids is 1. The molecule has 0 saturated heterocycles. The smallest absolute Gasteiger partial charge is 0.303 e. The highest BCUT2D eigenvalue weighted by atomic mass is 16.4. The highest BCUT2D eigenvalue weighted by Gasteiger charge is 2.19. The Hall–Kier alpha value is -1.84. The Bertz CT molecular complexity index is 426. The van der Waals surface area contributed by atoms with Crippen LogP contribution in [0, 0.1) is 5.41 Å². The van der Waals surface area contributed by atoms with Gasteiger partial charge in [0.1, 0.15) is 0 Å². The van der Waals surface area contributed by atoms with Gasteiger partial charge in [0.25, 0.3) is 5.91 Å². The SMILES string of the molecule is CC(C)(CCNC(=O)c1ccccc1)CCC(=O)O. The van der Waals surface area contributed by atoms with Crippen LogP contribution < -0.4 is 5.32 Å². The first-order valence-corrected chi connectivity index (χ1v) is 6.46. The fourth-order valence-corrected chi connectivity index (χ4v) is 1.78. The summed E-state index contributed by atoms with van der Waals surface area (Å²) in [5.74, 6) is -0.865. The third-order valence-corrected chi connectivity index (χ3v) is 3.14. The van der Waals surface area contributed by atoms with Crippen LogP contribution in [0.15, 0.2) is 30.3 Å². The van der Waals surface area contributed by atoms with Gasteiger partial charge in [-0.3, -0.25) is 9.59 Å². The molecule has 0 radical (unpaired) electrons. The van der Waals surface area contributed by atoms with Crippen molar-refractivity contribution in [3.8, 4) is 0 Å².